The van der Waals surface area contributed by atoms with Crippen molar-refractivity contribution < 1.29 is 42.2 Å². The van der Waals surface area contributed by atoms with E-state index in [1.54, 1.807) is 12.1 Å². The fourth-order valence-corrected chi connectivity index (χ4v) is 5.14. The van der Waals surface area contributed by atoms with E-state index >= 15 is 4.39 Å². The van der Waals surface area contributed by atoms with E-state index in [0.29, 0.717) is 15.7 Å². The van der Waals surface area contributed by atoms with Crippen LogP contribution in [0.1, 0.15) is 11.1 Å². The number of aromatic amines is 1. The molecule has 1 unspecified atom stereocenters. The summed E-state index contributed by atoms with van der Waals surface area (Å²) in [6.45, 7) is 1.18. The van der Waals surface area contributed by atoms with Gasteiger partial charge in [-0.2, -0.15) is 0 Å². The number of H-pyrrole nitrogens is 1. The van der Waals surface area contributed by atoms with Crippen LogP contribution in [0.25, 0.3) is 0 Å². The molecule has 1 fully saturated rings. The van der Waals surface area contributed by atoms with Crippen LogP contribution in [-0.2, 0) is 30.6 Å². The highest BCUT2D eigenvalue weighted by Crippen LogP contribution is 2.60. The molecule has 0 aliphatic carbocycles. The average Bonchev–Trinajstić information content (AvgIpc) is 2.97. The first-order valence-corrected chi connectivity index (χ1v) is 11.8. The minimum absolute atomic E-state index is 0.0315. The molecule has 0 bridgehead atoms. The highest BCUT2D eigenvalue weighted by molar-refractivity contribution is 7.71. The van der Waals surface area contributed by atoms with Gasteiger partial charge < -0.3 is 24.2 Å². The van der Waals surface area contributed by atoms with Crippen LogP contribution in [-0.4, -0.2) is 73.9 Å². The molecule has 3 N–H and O–H groups in total. The molecule has 17 heteroatoms. The summed E-state index contributed by atoms with van der Waals surface area (Å²) < 4.78 is 55.5. The molecule has 3 heterocycles. The van der Waals surface area contributed by atoms with Gasteiger partial charge in [0.15, 0.2) is 11.5 Å². The third kappa shape index (κ3) is 4.10. The molecular weight excluding hydrogens is 503 g/mol. The minimum Gasteiger partial charge on any atom is -0.493 e. The van der Waals surface area contributed by atoms with E-state index in [0.717, 1.165) is 6.20 Å². The zero-order valence-electron chi connectivity index (χ0n) is 18.3. The molecule has 180 valence electrons. The van der Waals surface area contributed by atoms with Gasteiger partial charge in [-0.15, -0.1) is 0 Å². The molecule has 35 heavy (non-hydrogen) atoms. The van der Waals surface area contributed by atoms with E-state index in [1.165, 1.54) is 20.1 Å². The molecule has 2 aliphatic heterocycles. The van der Waals surface area contributed by atoms with Gasteiger partial charge in [0.05, 0.1) is 19.1 Å². The molecule has 0 spiro atoms. The van der Waals surface area contributed by atoms with Crippen molar-refractivity contribution in [3.63, 3.8) is 0 Å². The van der Waals surface area contributed by atoms with Crippen molar-refractivity contribution >= 4 is 43.6 Å². The number of alkyl halides is 1. The molecular formula is C18H17B3FN2O9PS. The summed E-state index contributed by atoms with van der Waals surface area (Å²) in [5.74, 6) is -3.61. The molecule has 1 aromatic heterocycles. The van der Waals surface area contributed by atoms with Crippen molar-refractivity contribution in [1.29, 1.82) is 0 Å². The van der Waals surface area contributed by atoms with Crippen molar-refractivity contribution in [2.24, 2.45) is 0 Å². The van der Waals surface area contributed by atoms with Crippen LogP contribution in [0.5, 0.6) is 11.5 Å². The molecule has 5 atom stereocenters. The van der Waals surface area contributed by atoms with Crippen molar-refractivity contribution in [3.05, 3.63) is 50.6 Å². The molecule has 6 radical (unpaired) electrons. The second kappa shape index (κ2) is 8.58. The summed E-state index contributed by atoms with van der Waals surface area (Å²) in [6.07, 6.45) is -3.85. The van der Waals surface area contributed by atoms with Crippen molar-refractivity contribution in [2.75, 3.05) is 7.11 Å². The summed E-state index contributed by atoms with van der Waals surface area (Å²) in [7, 11) is 14.1. The molecule has 11 nitrogen and oxygen atoms in total. The molecule has 0 amide bonds. The first-order valence-electron chi connectivity index (χ1n) is 9.93. The van der Waals surface area contributed by atoms with Crippen molar-refractivity contribution in [2.45, 2.75) is 42.6 Å². The van der Waals surface area contributed by atoms with Crippen LogP contribution in [0.4, 0.5) is 4.39 Å². The number of phosphoric acid groups is 1. The number of hydrogen-bond acceptors (Lipinski definition) is 10. The number of hydrogen-bond donors (Lipinski definition) is 3. The molecule has 1 aromatic carbocycles. The largest absolute Gasteiger partial charge is 0.529 e. The minimum atomic E-state index is -4.76. The maximum absolute atomic E-state index is 16.1. The smallest absolute Gasteiger partial charge is 0.493 e. The predicted molar refractivity (Wildman–Crippen MR) is 123 cm³/mol. The lowest BCUT2D eigenvalue weighted by Crippen LogP contribution is -2.60. The SMILES string of the molecule is [B]C([B])(OP1(=O)OCc2cccc(OC)c2O1)[C@@]1(F)O[C@@]([B])(n2cc(C)c(=S)[nH]c2=O)[C@H](O)[C@@H]1O. The Morgan fingerprint density at radius 2 is 2.06 bits per heavy atom. The second-order valence-corrected chi connectivity index (χ2v) is 9.90. The van der Waals surface area contributed by atoms with Crippen LogP contribution in [0.2, 0.25) is 0 Å². The number of aliphatic hydroxyl groups is 2. The summed E-state index contributed by atoms with van der Waals surface area (Å²) in [5.41, 5.74) is -3.02. The van der Waals surface area contributed by atoms with Crippen molar-refractivity contribution in [1.82, 2.24) is 9.55 Å². The third-order valence-electron chi connectivity index (χ3n) is 5.57. The maximum Gasteiger partial charge on any atom is 0.529 e. The van der Waals surface area contributed by atoms with Gasteiger partial charge >= 0.3 is 13.5 Å². The number of phosphoric ester groups is 1. The van der Waals surface area contributed by atoms with E-state index in [-0.39, 0.29) is 22.7 Å². The number of rotatable bonds is 5. The Labute approximate surface area is 207 Å². The molecule has 2 aliphatic rings. The number of nitrogens with zero attached hydrogens (tertiary/aromatic N) is 1. The van der Waals surface area contributed by atoms with E-state index in [1.807, 2.05) is 0 Å². The zero-order valence-corrected chi connectivity index (χ0v) is 20.0. The predicted octanol–water partition coefficient (Wildman–Crippen LogP) is 0.144. The van der Waals surface area contributed by atoms with Crippen LogP contribution in [0.3, 0.4) is 0 Å². The standard InChI is InChI=1S/C18H17B3FN2O9PS/c1-8-6-24(15(27)23-14(8)35)17(19)13(26)12(25)16(22,32-17)18(20,21)33-34(28)30-7-9-4-3-5-10(29-2)11(9)31-34/h3-6,12-13,25-26H,7H2,1-2H3,(H,23,27,35)/t12-,13+,16-,17-,34?/m0/s1. The van der Waals surface area contributed by atoms with Crippen LogP contribution >= 0.6 is 20.0 Å². The van der Waals surface area contributed by atoms with E-state index < -0.39 is 42.6 Å². The van der Waals surface area contributed by atoms with E-state index in [2.05, 4.69) is 4.98 Å². The van der Waals surface area contributed by atoms with E-state index in [9.17, 15) is 19.6 Å². The number of aliphatic hydroxyl groups excluding tert-OH is 2. The van der Waals surface area contributed by atoms with Gasteiger partial charge in [0.2, 0.25) is 0 Å². The van der Waals surface area contributed by atoms with Crippen LogP contribution in [0.15, 0.2) is 29.2 Å². The number of methoxy groups -OCH3 is 1. The Kier molecular flexibility index (Phi) is 6.41. The highest BCUT2D eigenvalue weighted by atomic mass is 32.1. The molecule has 2 aromatic rings. The summed E-state index contributed by atoms with van der Waals surface area (Å²) in [4.78, 5) is 14.7. The lowest BCUT2D eigenvalue weighted by atomic mass is 9.59. The normalized spacial score (nSPS) is 32.6. The maximum atomic E-state index is 16.1. The van der Waals surface area contributed by atoms with Gasteiger partial charge in [-0.05, 0) is 13.0 Å². The Morgan fingerprint density at radius 1 is 1.37 bits per heavy atom. The van der Waals surface area contributed by atoms with Crippen LogP contribution < -0.4 is 15.0 Å². The number of para-hydroxylation sites is 1. The quantitative estimate of drug-likeness (QED) is 0.284. The number of aromatic nitrogens is 2. The zero-order chi connectivity index (χ0) is 26.0. The Balaban J connectivity index is 1.69. The van der Waals surface area contributed by atoms with Gasteiger partial charge in [-0.3, -0.25) is 18.6 Å². The van der Waals surface area contributed by atoms with Crippen LogP contribution in [0, 0.1) is 11.6 Å². The number of benzene rings is 1. The second-order valence-electron chi connectivity index (χ2n) is 7.97. The van der Waals surface area contributed by atoms with E-state index in [4.69, 9.17) is 58.8 Å². The Hall–Kier alpha value is -1.93. The summed E-state index contributed by atoms with van der Waals surface area (Å²) in [6, 6.07) is 4.71. The number of halogens is 1. The average molecular weight is 520 g/mol. The lowest BCUT2D eigenvalue weighted by molar-refractivity contribution is -0.240. The summed E-state index contributed by atoms with van der Waals surface area (Å²) >= 11 is 4.95. The first kappa shape index (κ1) is 26.1. The Morgan fingerprint density at radius 3 is 2.71 bits per heavy atom. The Bertz CT molecular complexity index is 1330. The van der Waals surface area contributed by atoms with Gasteiger partial charge in [0.25, 0.3) is 5.85 Å². The number of nitrogens with one attached hydrogen (secondary N) is 1. The summed E-state index contributed by atoms with van der Waals surface area (Å²) in [5, 5.41) is 17.8. The van der Waals surface area contributed by atoms with Gasteiger partial charge in [-0.25, -0.2) is 13.8 Å². The monoisotopic (exact) mass is 520 g/mol. The lowest BCUT2D eigenvalue weighted by Gasteiger charge is -2.42. The molecule has 4 rings (SSSR count). The third-order valence-corrected chi connectivity index (χ3v) is 7.37. The fraction of sp³-hybridized carbons (Fsp3) is 0.444. The fourth-order valence-electron chi connectivity index (χ4n) is 3.64. The highest BCUT2D eigenvalue weighted by Gasteiger charge is 2.69. The molecule has 1 saturated heterocycles. The van der Waals surface area contributed by atoms with Crippen molar-refractivity contribution in [3.8, 4) is 11.5 Å². The topological polar surface area (TPSA) is 141 Å². The first-order chi connectivity index (χ1) is 16.2. The van der Waals surface area contributed by atoms with Gasteiger partial charge in [0.1, 0.15) is 46.0 Å². The number of fused-ring (bicyclic) bond motifs is 1. The number of aryl methyl sites for hydroxylation is 1. The molecule has 0 saturated carbocycles. The number of ether oxygens (including phenoxy) is 2. The van der Waals surface area contributed by atoms with Gasteiger partial charge in [-0.1, -0.05) is 24.4 Å². The van der Waals surface area contributed by atoms with Gasteiger partial charge in [0, 0.05) is 17.3 Å².